The van der Waals surface area contributed by atoms with E-state index in [1.54, 1.807) is 0 Å². The highest BCUT2D eigenvalue weighted by Crippen LogP contribution is 2.30. The topological polar surface area (TPSA) is 59.5 Å². The first-order valence-electron chi connectivity index (χ1n) is 6.60. The van der Waals surface area contributed by atoms with Gasteiger partial charge in [-0.15, -0.1) is 0 Å². The molecule has 1 aromatic heterocycles. The lowest BCUT2D eigenvalue weighted by atomic mass is 9.96. The predicted octanol–water partition coefficient (Wildman–Crippen LogP) is 1.66. The Balaban J connectivity index is 2.15. The second-order valence-corrected chi connectivity index (χ2v) is 5.17. The average molecular weight is 316 g/mol. The van der Waals surface area contributed by atoms with Crippen molar-refractivity contribution in [2.75, 3.05) is 14.2 Å². The lowest BCUT2D eigenvalue weighted by Gasteiger charge is -2.16. The van der Waals surface area contributed by atoms with Crippen molar-refractivity contribution in [2.24, 2.45) is 5.92 Å². The Morgan fingerprint density at radius 3 is 2.77 bits per heavy atom. The van der Waals surface area contributed by atoms with E-state index in [9.17, 15) is 22.8 Å². The molecule has 8 heteroatoms. The Morgan fingerprint density at radius 2 is 2.18 bits per heavy atom. The molecule has 2 rings (SSSR count). The summed E-state index contributed by atoms with van der Waals surface area (Å²) in [4.78, 5) is 28.2. The second kappa shape index (κ2) is 5.94. The fourth-order valence-corrected chi connectivity index (χ4v) is 2.57. The van der Waals surface area contributed by atoms with Gasteiger partial charge in [0, 0.05) is 19.2 Å². The zero-order valence-electron chi connectivity index (χ0n) is 12.1. The number of alkyl halides is 3. The van der Waals surface area contributed by atoms with Crippen molar-refractivity contribution in [3.8, 4) is 0 Å². The molecule has 1 aliphatic heterocycles. The number of carbonyl (C=O) groups excluding carboxylic acids is 2. The largest absolute Gasteiger partial charge is 0.467 e. The van der Waals surface area contributed by atoms with Gasteiger partial charge in [-0.05, 0) is 30.5 Å². The molecular weight excluding hydrogens is 301 g/mol. The molecule has 0 bridgehead atoms. The number of methoxy groups -OCH3 is 1. The minimum Gasteiger partial charge on any atom is -0.467 e. The minimum atomic E-state index is -4.53. The van der Waals surface area contributed by atoms with Crippen LogP contribution in [0, 0.1) is 5.92 Å². The van der Waals surface area contributed by atoms with E-state index in [0.29, 0.717) is 5.56 Å². The second-order valence-electron chi connectivity index (χ2n) is 5.17. The van der Waals surface area contributed by atoms with Crippen LogP contribution in [0.25, 0.3) is 0 Å². The number of ether oxygens (including phenoxy) is 1. The predicted molar refractivity (Wildman–Crippen MR) is 69.6 cm³/mol. The van der Waals surface area contributed by atoms with Gasteiger partial charge in [-0.1, -0.05) is 0 Å². The molecule has 0 radical (unpaired) electrons. The zero-order chi connectivity index (χ0) is 16.5. The molecule has 5 nitrogen and oxygen atoms in total. The van der Waals surface area contributed by atoms with Crippen LogP contribution in [0.5, 0.6) is 0 Å². The van der Waals surface area contributed by atoms with Crippen LogP contribution < -0.4 is 0 Å². The van der Waals surface area contributed by atoms with Crippen molar-refractivity contribution in [1.29, 1.82) is 0 Å². The number of amides is 1. The van der Waals surface area contributed by atoms with Gasteiger partial charge in [0.05, 0.1) is 7.11 Å². The Morgan fingerprint density at radius 1 is 1.50 bits per heavy atom. The van der Waals surface area contributed by atoms with Crippen molar-refractivity contribution < 1.29 is 27.5 Å². The van der Waals surface area contributed by atoms with E-state index in [2.05, 4.69) is 9.72 Å². The van der Waals surface area contributed by atoms with Crippen LogP contribution in [-0.2, 0) is 26.9 Å². The molecule has 2 atom stereocenters. The summed E-state index contributed by atoms with van der Waals surface area (Å²) in [6.45, 7) is 0. The van der Waals surface area contributed by atoms with Gasteiger partial charge in [-0.2, -0.15) is 13.2 Å². The number of hydrogen-bond donors (Lipinski definition) is 0. The number of pyridine rings is 1. The van der Waals surface area contributed by atoms with Crippen molar-refractivity contribution in [1.82, 2.24) is 9.88 Å². The van der Waals surface area contributed by atoms with Crippen molar-refractivity contribution in [2.45, 2.75) is 25.1 Å². The molecule has 2 unspecified atom stereocenters. The number of rotatable bonds is 3. The van der Waals surface area contributed by atoms with Crippen LogP contribution >= 0.6 is 0 Å². The fraction of sp³-hybridized carbons (Fsp3) is 0.500. The number of nitrogens with zero attached hydrogens (tertiary/aromatic N) is 2. The monoisotopic (exact) mass is 316 g/mol. The van der Waals surface area contributed by atoms with Crippen LogP contribution in [0.15, 0.2) is 18.3 Å². The third kappa shape index (κ3) is 3.20. The average Bonchev–Trinajstić information content (AvgIpc) is 2.74. The molecule has 1 fully saturated rings. The van der Waals surface area contributed by atoms with E-state index in [4.69, 9.17) is 0 Å². The highest BCUT2D eigenvalue weighted by atomic mass is 19.4. The summed E-state index contributed by atoms with van der Waals surface area (Å²) in [6, 6.07) is 1.68. The maximum atomic E-state index is 12.6. The molecule has 0 N–H and O–H groups in total. The zero-order valence-corrected chi connectivity index (χ0v) is 12.1. The van der Waals surface area contributed by atoms with Gasteiger partial charge < -0.3 is 9.64 Å². The van der Waals surface area contributed by atoms with E-state index in [-0.39, 0.29) is 18.7 Å². The van der Waals surface area contributed by atoms with Crippen molar-refractivity contribution in [3.05, 3.63) is 29.6 Å². The summed E-state index contributed by atoms with van der Waals surface area (Å²) < 4.78 is 42.5. The molecule has 2 heterocycles. The fourth-order valence-electron chi connectivity index (χ4n) is 2.57. The van der Waals surface area contributed by atoms with Gasteiger partial charge >= 0.3 is 12.1 Å². The van der Waals surface area contributed by atoms with E-state index < -0.39 is 29.8 Å². The molecule has 0 aliphatic carbocycles. The van der Waals surface area contributed by atoms with Crippen LogP contribution in [0.3, 0.4) is 0 Å². The standard InChI is InChI=1S/C14H15F3N2O3/c1-19-10(13(21)22-2)7-9(12(19)20)5-8-3-4-18-11(6-8)14(15,16)17/h3-4,6,9-10H,5,7H2,1-2H3. The van der Waals surface area contributed by atoms with Crippen molar-refractivity contribution in [3.63, 3.8) is 0 Å². The van der Waals surface area contributed by atoms with E-state index >= 15 is 0 Å². The normalized spacial score (nSPS) is 22.0. The number of likely N-dealkylation sites (tertiary alicyclic amines) is 1. The molecule has 120 valence electrons. The lowest BCUT2D eigenvalue weighted by Crippen LogP contribution is -2.36. The molecule has 0 aromatic carbocycles. The van der Waals surface area contributed by atoms with Gasteiger partial charge in [0.1, 0.15) is 11.7 Å². The quantitative estimate of drug-likeness (QED) is 0.796. The number of likely N-dealkylation sites (N-methyl/N-ethyl adjacent to an activating group) is 1. The lowest BCUT2D eigenvalue weighted by molar-refractivity contribution is -0.148. The third-order valence-corrected chi connectivity index (χ3v) is 3.74. The Bertz CT molecular complexity index is 589. The van der Waals surface area contributed by atoms with E-state index in [1.165, 1.54) is 25.1 Å². The summed E-state index contributed by atoms with van der Waals surface area (Å²) in [5.41, 5.74) is -0.632. The number of halogens is 3. The first-order chi connectivity index (χ1) is 10.2. The first kappa shape index (κ1) is 16.3. The first-order valence-corrected chi connectivity index (χ1v) is 6.60. The SMILES string of the molecule is COC(=O)C1CC(Cc2ccnc(C(F)(F)F)c2)C(=O)N1C. The summed E-state index contributed by atoms with van der Waals surface area (Å²) in [6.07, 6.45) is -3.10. The van der Waals surface area contributed by atoms with Crippen LogP contribution in [0.4, 0.5) is 13.2 Å². The van der Waals surface area contributed by atoms with E-state index in [0.717, 1.165) is 12.3 Å². The number of hydrogen-bond acceptors (Lipinski definition) is 4. The van der Waals surface area contributed by atoms with Gasteiger partial charge in [0.25, 0.3) is 0 Å². The van der Waals surface area contributed by atoms with Crippen molar-refractivity contribution >= 4 is 11.9 Å². The van der Waals surface area contributed by atoms with Crippen LogP contribution in [0.1, 0.15) is 17.7 Å². The van der Waals surface area contributed by atoms with Crippen LogP contribution in [-0.4, -0.2) is 42.0 Å². The molecule has 22 heavy (non-hydrogen) atoms. The third-order valence-electron chi connectivity index (χ3n) is 3.74. The highest BCUT2D eigenvalue weighted by Gasteiger charge is 2.41. The number of aromatic nitrogens is 1. The molecule has 1 aromatic rings. The minimum absolute atomic E-state index is 0.127. The smallest absolute Gasteiger partial charge is 0.433 e. The molecule has 0 spiro atoms. The number of esters is 1. The Labute approximate surface area is 125 Å². The summed E-state index contributed by atoms with van der Waals surface area (Å²) >= 11 is 0. The molecule has 1 amide bonds. The van der Waals surface area contributed by atoms with Gasteiger partial charge in [0.15, 0.2) is 0 Å². The number of carbonyl (C=O) groups is 2. The Kier molecular flexibility index (Phi) is 4.39. The molecular formula is C14H15F3N2O3. The summed E-state index contributed by atoms with van der Waals surface area (Å²) in [5, 5.41) is 0. The van der Waals surface area contributed by atoms with Gasteiger partial charge in [-0.25, -0.2) is 4.79 Å². The molecule has 1 aliphatic rings. The summed E-state index contributed by atoms with van der Waals surface area (Å²) in [7, 11) is 2.71. The Hall–Kier alpha value is -2.12. The summed E-state index contributed by atoms with van der Waals surface area (Å²) in [5.74, 6) is -1.34. The van der Waals surface area contributed by atoms with Gasteiger partial charge in [-0.3, -0.25) is 9.78 Å². The van der Waals surface area contributed by atoms with Crippen LogP contribution in [0.2, 0.25) is 0 Å². The maximum Gasteiger partial charge on any atom is 0.433 e. The molecule has 0 saturated carbocycles. The van der Waals surface area contributed by atoms with Gasteiger partial charge in [0.2, 0.25) is 5.91 Å². The van der Waals surface area contributed by atoms with E-state index in [1.807, 2.05) is 0 Å². The maximum absolute atomic E-state index is 12.6. The molecule has 1 saturated heterocycles. The highest BCUT2D eigenvalue weighted by molar-refractivity contribution is 5.89.